The summed E-state index contributed by atoms with van der Waals surface area (Å²) < 4.78 is 1.45. The second-order valence-corrected chi connectivity index (χ2v) is 2.44. The summed E-state index contributed by atoms with van der Waals surface area (Å²) in [4.78, 5) is 0. The van der Waals surface area contributed by atoms with Gasteiger partial charge in [0.05, 0.1) is 0 Å². The molecule has 0 saturated heterocycles. The Kier molecular flexibility index (Phi) is 4.71. The van der Waals surface area contributed by atoms with Gasteiger partial charge in [-0.25, -0.2) is 0 Å². The van der Waals surface area contributed by atoms with Crippen LogP contribution in [0.4, 0.5) is 0 Å². The van der Waals surface area contributed by atoms with Crippen LogP contribution in [0, 0.1) is 0 Å². The first-order chi connectivity index (χ1) is 1.91. The normalized spacial score (nSPS) is 7.75. The van der Waals surface area contributed by atoms with Crippen molar-refractivity contribution >= 4 is 24.4 Å². The van der Waals surface area contributed by atoms with Crippen LogP contribution >= 0.6 is 0 Å². The molecule has 0 aromatic carbocycles. The van der Waals surface area contributed by atoms with Crippen LogP contribution in [0.5, 0.6) is 0 Å². The first-order valence-electron chi connectivity index (χ1n) is 1.62. The molecule has 0 atom stereocenters. The van der Waals surface area contributed by atoms with Crippen LogP contribution in [-0.2, 0) is 0 Å². The zero-order chi connectivity index (χ0) is 3.41. The molecule has 0 bridgehead atoms. The van der Waals surface area contributed by atoms with Crippen molar-refractivity contribution in [2.75, 3.05) is 0 Å². The Balaban J connectivity index is -0.0000000450. The molecule has 0 aromatic rings. The van der Waals surface area contributed by atoms with Crippen molar-refractivity contribution in [3.63, 3.8) is 0 Å². The van der Waals surface area contributed by atoms with Crippen LogP contribution in [0.2, 0.25) is 4.18 Å². The fourth-order valence-electron chi connectivity index (χ4n) is 0. The summed E-state index contributed by atoms with van der Waals surface area (Å²) in [5.74, 6) is 0. The van der Waals surface area contributed by atoms with Crippen LogP contribution in [0.25, 0.3) is 0 Å². The third-order valence-electron chi connectivity index (χ3n) is 0.289. The summed E-state index contributed by atoms with van der Waals surface area (Å²) in [5.41, 5.74) is 0. The zero-order valence-corrected chi connectivity index (χ0v) is 6.29. The molecule has 0 aliphatic carbocycles. The molecule has 0 amide bonds. The molecule has 0 N–H and O–H groups in total. The van der Waals surface area contributed by atoms with Gasteiger partial charge in [-0.05, 0) is 0 Å². The molecule has 0 unspecified atom stereocenters. The van der Waals surface area contributed by atoms with Crippen molar-refractivity contribution in [1.29, 1.82) is 0 Å². The van der Waals surface area contributed by atoms with Gasteiger partial charge in [-0.15, -0.1) is 0 Å². The molecule has 0 fully saturated rings. The van der Waals surface area contributed by atoms with E-state index in [4.69, 9.17) is 0 Å². The van der Waals surface area contributed by atoms with E-state index in [9.17, 15) is 0 Å². The molecule has 0 spiro atoms. The van der Waals surface area contributed by atoms with Crippen LogP contribution in [0.3, 0.4) is 0 Å². The van der Waals surface area contributed by atoms with E-state index in [2.05, 4.69) is 6.92 Å². The fourth-order valence-corrected chi connectivity index (χ4v) is 0. The van der Waals surface area contributed by atoms with Gasteiger partial charge in [-0.1, -0.05) is 0 Å². The number of hydrogen-bond donors (Lipinski definition) is 0. The monoisotopic (exact) mass is 160 g/mol. The van der Waals surface area contributed by atoms with E-state index < -0.39 is 0 Å². The molecular weight excluding hydrogens is 151 g/mol. The maximum atomic E-state index is 2.21. The van der Waals surface area contributed by atoms with Crippen LogP contribution in [-0.4, -0.2) is 24.4 Å². The van der Waals surface area contributed by atoms with Gasteiger partial charge >= 0.3 is 41.9 Å². The van der Waals surface area contributed by atoms with Crippen molar-refractivity contribution < 1.29 is 2.85 Å². The second-order valence-electron chi connectivity index (χ2n) is 0.789. The summed E-state index contributed by atoms with van der Waals surface area (Å²) in [6.07, 6.45) is 1.38. The summed E-state index contributed by atoms with van der Waals surface area (Å²) in [6.45, 7) is 2.21. The first kappa shape index (κ1) is 4.87. The van der Waals surface area contributed by atoms with Gasteiger partial charge in [0.15, 0.2) is 0 Å². The Morgan fingerprint density at radius 3 is 2.25 bits per heavy atom. The smallest absolute Gasteiger partial charge is 1.00 e. The molecule has 0 nitrogen and oxygen atoms in total. The van der Waals surface area contributed by atoms with E-state index in [0.717, 1.165) is 0 Å². The zero-order valence-electron chi connectivity index (χ0n) is 4.99. The Bertz CT molecular complexity index is 10.8. The van der Waals surface area contributed by atoms with Gasteiger partial charge in [-0.2, -0.15) is 0 Å². The Morgan fingerprint density at radius 1 is 2.00 bits per heavy atom. The van der Waals surface area contributed by atoms with E-state index in [-0.39, 0.29) is 2.85 Å². The topological polar surface area (TPSA) is 0 Å². The molecule has 0 aliphatic rings. The SMILES string of the molecule is CC[CH2][In+2].[H-].[H-]. The van der Waals surface area contributed by atoms with Crippen LogP contribution in [0.15, 0.2) is 0 Å². The minimum absolute atomic E-state index is 0. The maximum Gasteiger partial charge on any atom is -1.00 e. The predicted octanol–water partition coefficient (Wildman–Crippen LogP) is 1.21. The van der Waals surface area contributed by atoms with Crippen molar-refractivity contribution in [2.24, 2.45) is 0 Å². The summed E-state index contributed by atoms with van der Waals surface area (Å²) >= 11 is 1.44. The quantitative estimate of drug-likeness (QED) is 0.540. The molecule has 0 heterocycles. The number of rotatable bonds is 1. The maximum absolute atomic E-state index is 2.21. The minimum atomic E-state index is 0. The van der Waals surface area contributed by atoms with Crippen molar-refractivity contribution in [1.82, 2.24) is 0 Å². The molecule has 0 radical (unpaired) electrons. The average molecular weight is 160 g/mol. The third kappa shape index (κ3) is 2.87. The van der Waals surface area contributed by atoms with Crippen molar-refractivity contribution in [3.05, 3.63) is 0 Å². The molecule has 0 aromatic heterocycles. The predicted molar refractivity (Wildman–Crippen MR) is 23.1 cm³/mol. The summed E-state index contributed by atoms with van der Waals surface area (Å²) in [5, 5.41) is 0. The Hall–Kier alpha value is 0.870. The van der Waals surface area contributed by atoms with E-state index >= 15 is 0 Å². The van der Waals surface area contributed by atoms with E-state index in [1.54, 1.807) is 0 Å². The van der Waals surface area contributed by atoms with E-state index in [1.165, 1.54) is 35.0 Å². The van der Waals surface area contributed by atoms with Gasteiger partial charge in [0.1, 0.15) is 0 Å². The van der Waals surface area contributed by atoms with E-state index in [1.807, 2.05) is 0 Å². The largest absolute Gasteiger partial charge is 1.00 e. The summed E-state index contributed by atoms with van der Waals surface area (Å²) in [6, 6.07) is 0. The standard InChI is InChI=1S/C3H7.In.2H/c1-3-2;;;/h1,3H2,2H3;;;/q;+2;2*-1. The molecule has 0 aliphatic heterocycles. The van der Waals surface area contributed by atoms with Crippen molar-refractivity contribution in [2.45, 2.75) is 17.5 Å². The first-order valence-corrected chi connectivity index (χ1v) is 3.95. The number of hydrogen-bond acceptors (Lipinski definition) is 0. The second kappa shape index (κ2) is 3.87. The Morgan fingerprint density at radius 2 is 2.25 bits per heavy atom. The van der Waals surface area contributed by atoms with E-state index in [0.29, 0.717) is 0 Å². The van der Waals surface area contributed by atoms with Gasteiger partial charge in [0.2, 0.25) is 0 Å². The third-order valence-corrected chi connectivity index (χ3v) is 1.94. The molecular formula is C3H9In. The van der Waals surface area contributed by atoms with Gasteiger partial charge < -0.3 is 2.85 Å². The molecule has 24 valence electrons. The van der Waals surface area contributed by atoms with Gasteiger partial charge in [0, 0.05) is 0 Å². The molecule has 0 rings (SSSR count). The van der Waals surface area contributed by atoms with Gasteiger partial charge in [0.25, 0.3) is 0 Å². The molecule has 4 heavy (non-hydrogen) atoms. The van der Waals surface area contributed by atoms with Crippen LogP contribution < -0.4 is 0 Å². The Labute approximate surface area is 45.1 Å². The minimum Gasteiger partial charge on any atom is -1.00 e. The molecule has 1 heteroatoms. The molecule has 0 saturated carbocycles. The van der Waals surface area contributed by atoms with Crippen LogP contribution in [0.1, 0.15) is 16.2 Å². The summed E-state index contributed by atoms with van der Waals surface area (Å²) in [7, 11) is 0. The van der Waals surface area contributed by atoms with Gasteiger partial charge in [-0.3, -0.25) is 0 Å². The van der Waals surface area contributed by atoms with Crippen molar-refractivity contribution in [3.8, 4) is 0 Å². The fraction of sp³-hybridized carbons (Fsp3) is 1.00. The average Bonchev–Trinajstić information content (AvgIpc) is 1.37.